The predicted octanol–water partition coefficient (Wildman–Crippen LogP) is 2.97. The Morgan fingerprint density at radius 2 is 1.74 bits per heavy atom. The molecule has 6 nitrogen and oxygen atoms in total. The molecule has 3 rings (SSSR count). The minimum absolute atomic E-state index is 0.0599. The number of rotatable bonds is 7. The van der Waals surface area contributed by atoms with E-state index in [0.717, 1.165) is 11.1 Å². The molecular formula is C21H21N3O3. The zero-order valence-electron chi connectivity index (χ0n) is 15.0. The van der Waals surface area contributed by atoms with Crippen LogP contribution in [0.25, 0.3) is 0 Å². The number of esters is 1. The maximum atomic E-state index is 12.6. The summed E-state index contributed by atoms with van der Waals surface area (Å²) < 4.78 is 6.46. The highest BCUT2D eigenvalue weighted by Crippen LogP contribution is 2.18. The van der Waals surface area contributed by atoms with Crippen LogP contribution in [0.15, 0.2) is 73.1 Å². The molecule has 0 saturated carbocycles. The van der Waals surface area contributed by atoms with Crippen molar-refractivity contribution in [2.75, 3.05) is 7.11 Å². The van der Waals surface area contributed by atoms with Crippen molar-refractivity contribution in [2.45, 2.75) is 19.0 Å². The minimum Gasteiger partial charge on any atom is -0.469 e. The van der Waals surface area contributed by atoms with Gasteiger partial charge in [0.1, 0.15) is 0 Å². The van der Waals surface area contributed by atoms with Gasteiger partial charge in [-0.25, -0.2) is 0 Å². The molecule has 0 radical (unpaired) electrons. The lowest BCUT2D eigenvalue weighted by Crippen LogP contribution is -2.30. The Bertz CT molecular complexity index is 891. The molecule has 0 spiro atoms. The van der Waals surface area contributed by atoms with Crippen molar-refractivity contribution in [3.05, 3.63) is 89.7 Å². The lowest BCUT2D eigenvalue weighted by atomic mass is 10.0. The van der Waals surface area contributed by atoms with Gasteiger partial charge in [0.25, 0.3) is 5.91 Å². The maximum Gasteiger partial charge on any atom is 0.307 e. The first kappa shape index (κ1) is 18.4. The van der Waals surface area contributed by atoms with Gasteiger partial charge in [-0.3, -0.25) is 14.3 Å². The van der Waals surface area contributed by atoms with Crippen LogP contribution in [0.2, 0.25) is 0 Å². The number of amides is 1. The van der Waals surface area contributed by atoms with Crippen molar-refractivity contribution in [3.8, 4) is 0 Å². The van der Waals surface area contributed by atoms with E-state index in [4.69, 9.17) is 4.74 Å². The Morgan fingerprint density at radius 1 is 1.07 bits per heavy atom. The van der Waals surface area contributed by atoms with Crippen LogP contribution in [0.5, 0.6) is 0 Å². The fraction of sp³-hybridized carbons (Fsp3) is 0.190. The standard InChI is InChI=1S/C21H21N3O3/c1-27-20(25)12-19(17-10-6-3-7-11-17)23-21(26)18-13-22-24(15-18)14-16-8-4-2-5-9-16/h2-11,13,15,19H,12,14H2,1H3,(H,23,26)/t19-/m1/s1. The lowest BCUT2D eigenvalue weighted by Gasteiger charge is -2.17. The van der Waals surface area contributed by atoms with Crippen molar-refractivity contribution in [3.63, 3.8) is 0 Å². The molecule has 0 aliphatic heterocycles. The van der Waals surface area contributed by atoms with E-state index < -0.39 is 6.04 Å². The highest BCUT2D eigenvalue weighted by molar-refractivity contribution is 5.94. The number of ether oxygens (including phenoxy) is 1. The van der Waals surface area contributed by atoms with Gasteiger partial charge < -0.3 is 10.1 Å². The zero-order valence-corrected chi connectivity index (χ0v) is 15.0. The van der Waals surface area contributed by atoms with Crippen LogP contribution >= 0.6 is 0 Å². The van der Waals surface area contributed by atoms with E-state index in [1.807, 2.05) is 60.7 Å². The molecule has 0 fully saturated rings. The van der Waals surface area contributed by atoms with Crippen molar-refractivity contribution >= 4 is 11.9 Å². The van der Waals surface area contributed by atoms with Crippen LogP contribution in [0.4, 0.5) is 0 Å². The van der Waals surface area contributed by atoms with E-state index in [1.165, 1.54) is 13.3 Å². The summed E-state index contributed by atoms with van der Waals surface area (Å²) >= 11 is 0. The average molecular weight is 363 g/mol. The number of methoxy groups -OCH3 is 1. The van der Waals surface area contributed by atoms with Crippen molar-refractivity contribution < 1.29 is 14.3 Å². The van der Waals surface area contributed by atoms with E-state index in [0.29, 0.717) is 12.1 Å². The van der Waals surface area contributed by atoms with E-state index in [9.17, 15) is 9.59 Å². The summed E-state index contributed by atoms with van der Waals surface area (Å²) in [6.45, 7) is 0.582. The Kier molecular flexibility index (Phi) is 5.99. The molecule has 1 atom stereocenters. The van der Waals surface area contributed by atoms with Crippen LogP contribution in [-0.4, -0.2) is 28.8 Å². The van der Waals surface area contributed by atoms with Gasteiger partial charge >= 0.3 is 5.97 Å². The summed E-state index contributed by atoms with van der Waals surface area (Å²) in [6, 6.07) is 18.8. The van der Waals surface area contributed by atoms with Gasteiger partial charge in [0.05, 0.1) is 37.9 Å². The molecule has 138 valence electrons. The molecule has 0 saturated heterocycles. The van der Waals surface area contributed by atoms with Crippen molar-refractivity contribution in [1.82, 2.24) is 15.1 Å². The van der Waals surface area contributed by atoms with Gasteiger partial charge in [-0.1, -0.05) is 60.7 Å². The zero-order chi connectivity index (χ0) is 19.1. The van der Waals surface area contributed by atoms with Gasteiger partial charge in [0, 0.05) is 6.20 Å². The third-order valence-electron chi connectivity index (χ3n) is 4.19. The Hall–Kier alpha value is -3.41. The molecule has 2 aromatic carbocycles. The molecule has 0 bridgehead atoms. The topological polar surface area (TPSA) is 73.2 Å². The van der Waals surface area contributed by atoms with Crippen molar-refractivity contribution in [1.29, 1.82) is 0 Å². The van der Waals surface area contributed by atoms with Gasteiger partial charge in [-0.15, -0.1) is 0 Å². The van der Waals surface area contributed by atoms with E-state index in [2.05, 4.69) is 10.4 Å². The molecule has 1 heterocycles. The summed E-state index contributed by atoms with van der Waals surface area (Å²) in [7, 11) is 1.33. The summed E-state index contributed by atoms with van der Waals surface area (Å²) in [5.41, 5.74) is 2.38. The molecule has 27 heavy (non-hydrogen) atoms. The summed E-state index contributed by atoms with van der Waals surface area (Å²) in [6.07, 6.45) is 3.28. The first-order chi connectivity index (χ1) is 13.2. The third kappa shape index (κ3) is 5.04. The summed E-state index contributed by atoms with van der Waals surface area (Å²) in [4.78, 5) is 24.4. The van der Waals surface area contributed by atoms with Crippen LogP contribution in [0.1, 0.15) is 33.9 Å². The quantitative estimate of drug-likeness (QED) is 0.655. The van der Waals surface area contributed by atoms with Gasteiger partial charge in [0.15, 0.2) is 0 Å². The summed E-state index contributed by atoms with van der Waals surface area (Å²) in [5.74, 6) is -0.670. The van der Waals surface area contributed by atoms with E-state index in [-0.39, 0.29) is 18.3 Å². The molecule has 0 aliphatic rings. The fourth-order valence-electron chi connectivity index (χ4n) is 2.77. The highest BCUT2D eigenvalue weighted by atomic mass is 16.5. The molecule has 1 aromatic heterocycles. The Labute approximate surface area is 157 Å². The smallest absolute Gasteiger partial charge is 0.307 e. The molecule has 1 amide bonds. The van der Waals surface area contributed by atoms with E-state index >= 15 is 0 Å². The number of carbonyl (C=O) groups excluding carboxylic acids is 2. The SMILES string of the molecule is COC(=O)C[C@@H](NC(=O)c1cnn(Cc2ccccc2)c1)c1ccccc1. The second-order valence-electron chi connectivity index (χ2n) is 6.13. The monoisotopic (exact) mass is 363 g/mol. The highest BCUT2D eigenvalue weighted by Gasteiger charge is 2.20. The second-order valence-corrected chi connectivity index (χ2v) is 6.13. The van der Waals surface area contributed by atoms with Crippen LogP contribution in [-0.2, 0) is 16.1 Å². The van der Waals surface area contributed by atoms with Crippen molar-refractivity contribution in [2.24, 2.45) is 0 Å². The first-order valence-corrected chi connectivity index (χ1v) is 8.64. The minimum atomic E-state index is -0.469. The van der Waals surface area contributed by atoms with Crippen LogP contribution in [0.3, 0.4) is 0 Å². The van der Waals surface area contributed by atoms with E-state index in [1.54, 1.807) is 10.9 Å². The predicted molar refractivity (Wildman–Crippen MR) is 101 cm³/mol. The maximum absolute atomic E-state index is 12.6. The fourth-order valence-corrected chi connectivity index (χ4v) is 2.77. The molecular weight excluding hydrogens is 342 g/mol. The number of benzene rings is 2. The number of nitrogens with zero attached hydrogens (tertiary/aromatic N) is 2. The molecule has 3 aromatic rings. The van der Waals surface area contributed by atoms with Crippen LogP contribution in [0, 0.1) is 0 Å². The van der Waals surface area contributed by atoms with Gasteiger partial charge in [0.2, 0.25) is 0 Å². The number of aromatic nitrogens is 2. The Morgan fingerprint density at radius 3 is 2.41 bits per heavy atom. The molecule has 0 unspecified atom stereocenters. The normalized spacial score (nSPS) is 11.6. The summed E-state index contributed by atoms with van der Waals surface area (Å²) in [5, 5.41) is 7.15. The molecule has 1 N–H and O–H groups in total. The lowest BCUT2D eigenvalue weighted by molar-refractivity contribution is -0.141. The molecule has 0 aliphatic carbocycles. The largest absolute Gasteiger partial charge is 0.469 e. The van der Waals surface area contributed by atoms with Gasteiger partial charge in [-0.05, 0) is 11.1 Å². The Balaban J connectivity index is 1.71. The van der Waals surface area contributed by atoms with Crippen LogP contribution < -0.4 is 5.32 Å². The second kappa shape index (κ2) is 8.80. The van der Waals surface area contributed by atoms with Gasteiger partial charge in [-0.2, -0.15) is 5.10 Å². The number of carbonyl (C=O) groups is 2. The number of nitrogens with one attached hydrogen (secondary N) is 1. The number of hydrogen-bond donors (Lipinski definition) is 1. The molecule has 6 heteroatoms. The first-order valence-electron chi connectivity index (χ1n) is 8.64. The number of hydrogen-bond acceptors (Lipinski definition) is 4. The average Bonchev–Trinajstić information content (AvgIpc) is 3.17. The third-order valence-corrected chi connectivity index (χ3v) is 4.19.